The van der Waals surface area contributed by atoms with Gasteiger partial charge in [-0.05, 0) is 48.7 Å². The molecule has 0 N–H and O–H groups in total. The standard InChI is InChI=1S/C29H36ClN3O4S/c1-37-20-19-32(38(35,36)27-15-6-3-7-16-27)23-29(34)33(25-12-4-2-5-13-25)22-26-14-10-18-31(26)21-24-11-8-9-17-28(24)30/h3,6-11,14-18,25H,2,4-5,12-13,19-23H2,1H3. The van der Waals surface area contributed by atoms with Crippen molar-refractivity contribution in [2.24, 2.45) is 0 Å². The van der Waals surface area contributed by atoms with Gasteiger partial charge < -0.3 is 14.2 Å². The number of sulfonamides is 1. The number of hydrogen-bond donors (Lipinski definition) is 0. The van der Waals surface area contributed by atoms with E-state index >= 15 is 0 Å². The first kappa shape index (κ1) is 28.4. The number of carbonyl (C=O) groups is 1. The highest BCUT2D eigenvalue weighted by Gasteiger charge is 2.32. The third-order valence-electron chi connectivity index (χ3n) is 7.13. The highest BCUT2D eigenvalue weighted by atomic mass is 35.5. The fraction of sp³-hybridized carbons (Fsp3) is 0.414. The predicted molar refractivity (Wildman–Crippen MR) is 149 cm³/mol. The summed E-state index contributed by atoms with van der Waals surface area (Å²) in [5, 5.41) is 0.701. The average Bonchev–Trinajstić information content (AvgIpc) is 3.38. The molecular formula is C29H36ClN3O4S. The number of nitrogens with zero attached hydrogens (tertiary/aromatic N) is 3. The van der Waals surface area contributed by atoms with Crippen molar-refractivity contribution >= 4 is 27.5 Å². The maximum Gasteiger partial charge on any atom is 0.243 e. The molecule has 1 aliphatic carbocycles. The van der Waals surface area contributed by atoms with Crippen LogP contribution in [0.25, 0.3) is 0 Å². The van der Waals surface area contributed by atoms with Crippen molar-refractivity contribution < 1.29 is 17.9 Å². The van der Waals surface area contributed by atoms with Gasteiger partial charge in [-0.1, -0.05) is 67.3 Å². The van der Waals surface area contributed by atoms with Gasteiger partial charge in [0.05, 0.1) is 24.6 Å². The predicted octanol–water partition coefficient (Wildman–Crippen LogP) is 5.19. The number of rotatable bonds is 12. The van der Waals surface area contributed by atoms with Crippen LogP contribution < -0.4 is 0 Å². The molecule has 0 unspecified atom stereocenters. The molecule has 0 saturated heterocycles. The Balaban J connectivity index is 1.58. The summed E-state index contributed by atoms with van der Waals surface area (Å²) in [5.74, 6) is -0.196. The van der Waals surface area contributed by atoms with Crippen molar-refractivity contribution in [3.8, 4) is 0 Å². The number of benzene rings is 2. The van der Waals surface area contributed by atoms with Crippen molar-refractivity contribution in [3.05, 3.63) is 89.2 Å². The molecule has 0 bridgehead atoms. The molecule has 0 radical (unpaired) electrons. The lowest BCUT2D eigenvalue weighted by molar-refractivity contribution is -0.135. The Morgan fingerprint density at radius 2 is 1.71 bits per heavy atom. The monoisotopic (exact) mass is 557 g/mol. The minimum atomic E-state index is -3.86. The van der Waals surface area contributed by atoms with Crippen molar-refractivity contribution in [3.63, 3.8) is 0 Å². The third-order valence-corrected chi connectivity index (χ3v) is 9.36. The van der Waals surface area contributed by atoms with Gasteiger partial charge in [0.1, 0.15) is 0 Å². The molecule has 7 nitrogen and oxygen atoms in total. The lowest BCUT2D eigenvalue weighted by Gasteiger charge is -2.36. The van der Waals surface area contributed by atoms with Crippen LogP contribution in [0.2, 0.25) is 5.02 Å². The summed E-state index contributed by atoms with van der Waals surface area (Å²) in [5.41, 5.74) is 1.99. The van der Waals surface area contributed by atoms with E-state index in [1.165, 1.54) is 11.4 Å². The quantitative estimate of drug-likeness (QED) is 0.307. The second kappa shape index (κ2) is 13.4. The first-order valence-corrected chi connectivity index (χ1v) is 14.9. The third kappa shape index (κ3) is 7.05. The maximum absolute atomic E-state index is 13.9. The largest absolute Gasteiger partial charge is 0.383 e. The molecule has 9 heteroatoms. The molecule has 0 spiro atoms. The smallest absolute Gasteiger partial charge is 0.243 e. The zero-order valence-electron chi connectivity index (χ0n) is 21.8. The summed E-state index contributed by atoms with van der Waals surface area (Å²) in [6, 6.07) is 20.1. The summed E-state index contributed by atoms with van der Waals surface area (Å²) >= 11 is 6.41. The number of hydrogen-bond acceptors (Lipinski definition) is 4. The fourth-order valence-corrected chi connectivity index (χ4v) is 6.60. The van der Waals surface area contributed by atoms with Crippen LogP contribution in [0.5, 0.6) is 0 Å². The van der Waals surface area contributed by atoms with Gasteiger partial charge in [0.25, 0.3) is 0 Å². The van der Waals surface area contributed by atoms with Crippen LogP contribution in [-0.2, 0) is 32.6 Å². The zero-order chi connectivity index (χ0) is 27.0. The second-order valence-corrected chi connectivity index (χ2v) is 12.0. The maximum atomic E-state index is 13.9. The lowest BCUT2D eigenvalue weighted by atomic mass is 9.94. The minimum absolute atomic E-state index is 0.0728. The summed E-state index contributed by atoms with van der Waals surface area (Å²) in [6.07, 6.45) is 7.10. The number of carbonyl (C=O) groups excluding carboxylic acids is 1. The van der Waals surface area contributed by atoms with E-state index in [1.54, 1.807) is 30.3 Å². The number of ether oxygens (including phenoxy) is 1. The molecule has 1 amide bonds. The first-order chi connectivity index (χ1) is 18.4. The van der Waals surface area contributed by atoms with Gasteiger partial charge in [-0.3, -0.25) is 4.79 Å². The Morgan fingerprint density at radius 3 is 2.42 bits per heavy atom. The average molecular weight is 558 g/mol. The topological polar surface area (TPSA) is 71.8 Å². The Kier molecular flexibility index (Phi) is 10.0. The molecule has 1 aromatic heterocycles. The van der Waals surface area contributed by atoms with Gasteiger partial charge in [-0.25, -0.2) is 8.42 Å². The summed E-state index contributed by atoms with van der Waals surface area (Å²) in [7, 11) is -2.34. The van der Waals surface area contributed by atoms with Crippen molar-refractivity contribution in [2.75, 3.05) is 26.8 Å². The van der Waals surface area contributed by atoms with Crippen LogP contribution >= 0.6 is 11.6 Å². The van der Waals surface area contributed by atoms with Crippen LogP contribution in [0.15, 0.2) is 77.8 Å². The number of amides is 1. The van der Waals surface area contributed by atoms with Gasteiger partial charge in [0, 0.05) is 43.2 Å². The van der Waals surface area contributed by atoms with E-state index in [0.29, 0.717) is 18.1 Å². The van der Waals surface area contributed by atoms with Gasteiger partial charge in [-0.2, -0.15) is 4.31 Å². The van der Waals surface area contributed by atoms with Crippen LogP contribution in [0.4, 0.5) is 0 Å². The van der Waals surface area contributed by atoms with Crippen LogP contribution in [0.1, 0.15) is 43.4 Å². The van der Waals surface area contributed by atoms with Crippen molar-refractivity contribution in [2.45, 2.75) is 56.1 Å². The summed E-state index contributed by atoms with van der Waals surface area (Å²) in [4.78, 5) is 15.9. The Labute approximate surface area is 231 Å². The number of methoxy groups -OCH3 is 1. The minimum Gasteiger partial charge on any atom is -0.383 e. The normalized spacial score (nSPS) is 14.6. The Morgan fingerprint density at radius 1 is 1.00 bits per heavy atom. The van der Waals surface area contributed by atoms with Crippen LogP contribution in [-0.4, -0.2) is 60.9 Å². The van der Waals surface area contributed by atoms with Crippen molar-refractivity contribution in [1.29, 1.82) is 0 Å². The lowest BCUT2D eigenvalue weighted by Crippen LogP contribution is -2.48. The van der Waals surface area contributed by atoms with Gasteiger partial charge in [0.2, 0.25) is 15.9 Å². The molecule has 1 aliphatic rings. The molecule has 38 heavy (non-hydrogen) atoms. The summed E-state index contributed by atoms with van der Waals surface area (Å²) < 4.78 is 35.5. The Hall–Kier alpha value is -2.65. The van der Waals surface area contributed by atoms with Gasteiger partial charge in [-0.15, -0.1) is 0 Å². The van der Waals surface area contributed by atoms with E-state index in [0.717, 1.165) is 43.4 Å². The number of halogens is 1. The molecule has 1 fully saturated rings. The molecule has 0 aliphatic heterocycles. The van der Waals surface area contributed by atoms with E-state index in [1.807, 2.05) is 47.5 Å². The first-order valence-electron chi connectivity index (χ1n) is 13.1. The van der Waals surface area contributed by atoms with E-state index in [-0.39, 0.29) is 36.5 Å². The highest BCUT2D eigenvalue weighted by molar-refractivity contribution is 7.89. The molecular weight excluding hydrogens is 522 g/mol. The van der Waals surface area contributed by atoms with E-state index in [2.05, 4.69) is 4.57 Å². The molecule has 1 heterocycles. The summed E-state index contributed by atoms with van der Waals surface area (Å²) in [6.45, 7) is 1.06. The Bertz CT molecular complexity index is 1290. The van der Waals surface area contributed by atoms with E-state index < -0.39 is 10.0 Å². The van der Waals surface area contributed by atoms with Gasteiger partial charge in [0.15, 0.2) is 0 Å². The highest BCUT2D eigenvalue weighted by Crippen LogP contribution is 2.26. The molecule has 4 rings (SSSR count). The SMILES string of the molecule is COCCN(CC(=O)N(Cc1cccn1Cc1ccccc1Cl)C1CCCCC1)S(=O)(=O)c1ccccc1. The van der Waals surface area contributed by atoms with E-state index in [9.17, 15) is 13.2 Å². The molecule has 3 aromatic rings. The zero-order valence-corrected chi connectivity index (χ0v) is 23.4. The van der Waals surface area contributed by atoms with Crippen LogP contribution in [0.3, 0.4) is 0 Å². The second-order valence-electron chi connectivity index (χ2n) is 9.68. The van der Waals surface area contributed by atoms with E-state index in [4.69, 9.17) is 16.3 Å². The van der Waals surface area contributed by atoms with Crippen molar-refractivity contribution in [1.82, 2.24) is 13.8 Å². The van der Waals surface area contributed by atoms with Crippen LogP contribution in [0, 0.1) is 0 Å². The fourth-order valence-electron chi connectivity index (χ4n) is 5.01. The molecule has 2 aromatic carbocycles. The molecule has 204 valence electrons. The number of aromatic nitrogens is 1. The molecule has 0 atom stereocenters. The van der Waals surface area contributed by atoms with Gasteiger partial charge >= 0.3 is 0 Å². The molecule has 1 saturated carbocycles.